The molecule has 1 saturated heterocycles. The van der Waals surface area contributed by atoms with Crippen molar-refractivity contribution in [3.05, 3.63) is 16.1 Å². The molecular weight excluding hydrogens is 262 g/mol. The highest BCUT2D eigenvalue weighted by Gasteiger charge is 2.22. The summed E-state index contributed by atoms with van der Waals surface area (Å²) in [6, 6.07) is 0.985. The third-order valence-corrected chi connectivity index (χ3v) is 3.89. The van der Waals surface area contributed by atoms with Crippen LogP contribution in [0.5, 0.6) is 0 Å². The van der Waals surface area contributed by atoms with E-state index >= 15 is 0 Å². The second-order valence-corrected chi connectivity index (χ2v) is 5.89. The molecule has 2 atom stereocenters. The first-order valence-electron chi connectivity index (χ1n) is 6.68. The van der Waals surface area contributed by atoms with Gasteiger partial charge in [0, 0.05) is 37.1 Å². The van der Waals surface area contributed by atoms with Crippen molar-refractivity contribution in [3.8, 4) is 0 Å². The molecule has 0 saturated carbocycles. The van der Waals surface area contributed by atoms with Crippen LogP contribution in [-0.4, -0.2) is 47.6 Å². The maximum atomic E-state index is 11.6. The first-order chi connectivity index (χ1) is 9.08. The van der Waals surface area contributed by atoms with Gasteiger partial charge in [0.2, 0.25) is 5.01 Å². The summed E-state index contributed by atoms with van der Waals surface area (Å²) in [5, 5.41) is 5.90. The third-order valence-electron chi connectivity index (χ3n) is 3.02. The molecule has 2 unspecified atom stereocenters. The first-order valence-corrected chi connectivity index (χ1v) is 7.56. The predicted octanol–water partition coefficient (Wildman–Crippen LogP) is 1.50. The zero-order valence-electron chi connectivity index (χ0n) is 11.7. The van der Waals surface area contributed by atoms with Crippen LogP contribution in [0.1, 0.15) is 36.3 Å². The summed E-state index contributed by atoms with van der Waals surface area (Å²) in [7, 11) is 0. The Balaban J connectivity index is 1.94. The van der Waals surface area contributed by atoms with Crippen molar-refractivity contribution in [2.45, 2.75) is 39.4 Å². The minimum absolute atomic E-state index is 0.319. The molecule has 1 aliphatic heterocycles. The topological polar surface area (TPSA) is 54.5 Å². The van der Waals surface area contributed by atoms with Gasteiger partial charge < -0.3 is 10.1 Å². The Labute approximate surface area is 118 Å². The van der Waals surface area contributed by atoms with Gasteiger partial charge in [0.1, 0.15) is 0 Å². The van der Waals surface area contributed by atoms with E-state index in [9.17, 15) is 4.79 Å². The standard InChI is InChI=1S/C13H21N3O2S/c1-4-18-13(17)12-15-11(8-19-12)7-16-5-9(2)14-10(3)6-16/h8-10,14H,4-7H2,1-3H3. The molecule has 0 aliphatic carbocycles. The number of ether oxygens (including phenoxy) is 1. The van der Waals surface area contributed by atoms with Crippen molar-refractivity contribution in [2.75, 3.05) is 19.7 Å². The molecule has 1 aromatic rings. The smallest absolute Gasteiger partial charge is 0.367 e. The number of aromatic nitrogens is 1. The van der Waals surface area contributed by atoms with Gasteiger partial charge >= 0.3 is 5.97 Å². The molecule has 2 rings (SSSR count). The zero-order chi connectivity index (χ0) is 13.8. The highest BCUT2D eigenvalue weighted by molar-refractivity contribution is 7.11. The number of hydrogen-bond acceptors (Lipinski definition) is 6. The normalized spacial score (nSPS) is 24.4. The van der Waals surface area contributed by atoms with Gasteiger partial charge in [-0.15, -0.1) is 11.3 Å². The van der Waals surface area contributed by atoms with E-state index in [-0.39, 0.29) is 5.97 Å². The SMILES string of the molecule is CCOC(=O)c1nc(CN2CC(C)NC(C)C2)cs1. The van der Waals surface area contributed by atoms with Crippen LogP contribution in [0.4, 0.5) is 0 Å². The Morgan fingerprint density at radius 1 is 1.53 bits per heavy atom. The summed E-state index contributed by atoms with van der Waals surface area (Å²) >= 11 is 1.36. The molecule has 1 fully saturated rings. The van der Waals surface area contributed by atoms with E-state index < -0.39 is 0 Å². The van der Waals surface area contributed by atoms with Gasteiger partial charge in [-0.3, -0.25) is 4.90 Å². The van der Waals surface area contributed by atoms with Gasteiger partial charge in [-0.05, 0) is 20.8 Å². The van der Waals surface area contributed by atoms with Gasteiger partial charge in [-0.2, -0.15) is 0 Å². The van der Waals surface area contributed by atoms with E-state index in [2.05, 4.69) is 29.0 Å². The van der Waals surface area contributed by atoms with E-state index in [0.29, 0.717) is 23.7 Å². The molecule has 19 heavy (non-hydrogen) atoms. The van der Waals surface area contributed by atoms with Crippen molar-refractivity contribution in [1.29, 1.82) is 0 Å². The number of thiazole rings is 1. The number of nitrogens with one attached hydrogen (secondary N) is 1. The summed E-state index contributed by atoms with van der Waals surface area (Å²) in [6.07, 6.45) is 0. The molecule has 6 heteroatoms. The molecule has 0 spiro atoms. The predicted molar refractivity (Wildman–Crippen MR) is 75.4 cm³/mol. The molecular formula is C13H21N3O2S. The lowest BCUT2D eigenvalue weighted by atomic mass is 10.1. The monoisotopic (exact) mass is 283 g/mol. The zero-order valence-corrected chi connectivity index (χ0v) is 12.5. The van der Waals surface area contributed by atoms with E-state index in [1.165, 1.54) is 11.3 Å². The fraction of sp³-hybridized carbons (Fsp3) is 0.692. The number of esters is 1. The summed E-state index contributed by atoms with van der Waals surface area (Å²) < 4.78 is 4.95. The van der Waals surface area contributed by atoms with Gasteiger partial charge in [0.15, 0.2) is 0 Å². The summed E-state index contributed by atoms with van der Waals surface area (Å²) in [5.74, 6) is -0.319. The summed E-state index contributed by atoms with van der Waals surface area (Å²) in [6.45, 7) is 9.39. The average molecular weight is 283 g/mol. The number of nitrogens with zero attached hydrogens (tertiary/aromatic N) is 2. The lowest BCUT2D eigenvalue weighted by molar-refractivity contribution is 0.0525. The number of carbonyl (C=O) groups excluding carboxylic acids is 1. The van der Waals surface area contributed by atoms with Crippen molar-refractivity contribution < 1.29 is 9.53 Å². The van der Waals surface area contributed by atoms with Crippen LogP contribution in [0.15, 0.2) is 5.38 Å². The van der Waals surface area contributed by atoms with Gasteiger partial charge in [0.05, 0.1) is 12.3 Å². The van der Waals surface area contributed by atoms with Crippen molar-refractivity contribution >= 4 is 17.3 Å². The maximum absolute atomic E-state index is 11.6. The Hall–Kier alpha value is -0.980. The number of hydrogen-bond donors (Lipinski definition) is 1. The molecule has 5 nitrogen and oxygen atoms in total. The highest BCUT2D eigenvalue weighted by Crippen LogP contribution is 2.15. The van der Waals surface area contributed by atoms with Crippen LogP contribution in [0.2, 0.25) is 0 Å². The van der Waals surface area contributed by atoms with Crippen LogP contribution >= 0.6 is 11.3 Å². The number of carbonyl (C=O) groups is 1. The minimum Gasteiger partial charge on any atom is -0.461 e. The molecule has 0 radical (unpaired) electrons. The quantitative estimate of drug-likeness (QED) is 0.849. The molecule has 0 amide bonds. The lowest BCUT2D eigenvalue weighted by Crippen LogP contribution is -2.53. The second-order valence-electron chi connectivity index (χ2n) is 5.03. The largest absolute Gasteiger partial charge is 0.461 e. The molecule has 1 aliphatic rings. The van der Waals surface area contributed by atoms with Crippen LogP contribution in [0, 0.1) is 0 Å². The van der Waals surface area contributed by atoms with Gasteiger partial charge in [-0.25, -0.2) is 9.78 Å². The van der Waals surface area contributed by atoms with Crippen molar-refractivity contribution in [1.82, 2.24) is 15.2 Å². The number of piperazine rings is 1. The van der Waals surface area contributed by atoms with Gasteiger partial charge in [-0.1, -0.05) is 0 Å². The Morgan fingerprint density at radius 2 is 2.21 bits per heavy atom. The summed E-state index contributed by atoms with van der Waals surface area (Å²) in [4.78, 5) is 18.3. The van der Waals surface area contributed by atoms with Crippen molar-refractivity contribution in [2.24, 2.45) is 0 Å². The molecule has 1 aromatic heterocycles. The molecule has 1 N–H and O–H groups in total. The molecule has 2 heterocycles. The Morgan fingerprint density at radius 3 is 2.84 bits per heavy atom. The first kappa shape index (κ1) is 14.4. The lowest BCUT2D eigenvalue weighted by Gasteiger charge is -2.35. The molecule has 0 bridgehead atoms. The number of rotatable bonds is 4. The minimum atomic E-state index is -0.319. The Kier molecular flexibility index (Phi) is 4.90. The maximum Gasteiger partial charge on any atom is 0.367 e. The van der Waals surface area contributed by atoms with E-state index in [4.69, 9.17) is 4.74 Å². The fourth-order valence-corrected chi connectivity index (χ4v) is 3.16. The third kappa shape index (κ3) is 3.99. The summed E-state index contributed by atoms with van der Waals surface area (Å²) in [5.41, 5.74) is 0.953. The van der Waals surface area contributed by atoms with Gasteiger partial charge in [0.25, 0.3) is 0 Å². The molecule has 106 valence electrons. The van der Waals surface area contributed by atoms with E-state index in [1.54, 1.807) is 6.92 Å². The average Bonchev–Trinajstić information content (AvgIpc) is 2.76. The van der Waals surface area contributed by atoms with Crippen LogP contribution < -0.4 is 5.32 Å². The van der Waals surface area contributed by atoms with Crippen LogP contribution in [0.3, 0.4) is 0 Å². The second kappa shape index (κ2) is 6.45. The van der Waals surface area contributed by atoms with E-state index in [1.807, 2.05) is 5.38 Å². The van der Waals surface area contributed by atoms with Crippen LogP contribution in [-0.2, 0) is 11.3 Å². The van der Waals surface area contributed by atoms with Crippen LogP contribution in [0.25, 0.3) is 0 Å². The molecule has 0 aromatic carbocycles. The Bertz CT molecular complexity index is 425. The van der Waals surface area contributed by atoms with Crippen molar-refractivity contribution in [3.63, 3.8) is 0 Å². The van der Waals surface area contributed by atoms with E-state index in [0.717, 1.165) is 25.3 Å². The highest BCUT2D eigenvalue weighted by atomic mass is 32.1. The fourth-order valence-electron chi connectivity index (χ4n) is 2.46.